The number of alkyl halides is 3. The van der Waals surface area contributed by atoms with Gasteiger partial charge in [0.25, 0.3) is 11.6 Å². The monoisotopic (exact) mass is 405 g/mol. The van der Waals surface area contributed by atoms with E-state index in [0.29, 0.717) is 12.1 Å². The van der Waals surface area contributed by atoms with E-state index in [9.17, 15) is 32.5 Å². The number of amides is 1. The number of halogens is 5. The van der Waals surface area contributed by atoms with Crippen LogP contribution in [0.1, 0.15) is 15.9 Å². The van der Waals surface area contributed by atoms with Crippen molar-refractivity contribution in [2.45, 2.75) is 6.18 Å². The van der Waals surface area contributed by atoms with Crippen LogP contribution in [0.4, 0.5) is 28.9 Å². The Balaban J connectivity index is 1.98. The molecule has 2 aromatic rings. The van der Waals surface area contributed by atoms with Crippen molar-refractivity contribution in [2.75, 3.05) is 18.4 Å². The average molecular weight is 406 g/mol. The number of carbonyl (C=O) groups excluding carboxylic acids is 1. The highest BCUT2D eigenvalue weighted by molar-refractivity contribution is 6.33. The van der Waals surface area contributed by atoms with E-state index in [0.717, 1.165) is 18.2 Å². The minimum Gasteiger partial charge on any atom is -0.378 e. The molecule has 0 spiro atoms. The summed E-state index contributed by atoms with van der Waals surface area (Å²) in [6, 6.07) is 5.32. The Labute approximate surface area is 155 Å². The Kier molecular flexibility index (Phi) is 6.21. The van der Waals surface area contributed by atoms with Gasteiger partial charge in [0.15, 0.2) is 0 Å². The average Bonchev–Trinajstić information content (AvgIpc) is 2.57. The Bertz CT molecular complexity index is 874. The van der Waals surface area contributed by atoms with Gasteiger partial charge in [-0.15, -0.1) is 0 Å². The number of nitro groups is 1. The predicted molar refractivity (Wildman–Crippen MR) is 90.3 cm³/mol. The Morgan fingerprint density at radius 2 is 1.85 bits per heavy atom. The predicted octanol–water partition coefficient (Wildman–Crippen LogP) is 4.25. The second-order valence-electron chi connectivity index (χ2n) is 5.29. The molecular weight excluding hydrogens is 394 g/mol. The zero-order valence-corrected chi connectivity index (χ0v) is 14.2. The first-order valence-electron chi connectivity index (χ1n) is 7.42. The topological polar surface area (TPSA) is 84.3 Å². The molecule has 2 N–H and O–H groups in total. The third-order valence-electron chi connectivity index (χ3n) is 3.42. The highest BCUT2D eigenvalue weighted by atomic mass is 35.5. The second kappa shape index (κ2) is 8.21. The Hall–Kier alpha value is -2.88. The second-order valence-corrected chi connectivity index (χ2v) is 5.70. The molecule has 0 aromatic heterocycles. The maximum Gasteiger partial charge on any atom is 0.416 e. The molecule has 0 heterocycles. The number of hydrogen-bond acceptors (Lipinski definition) is 4. The molecule has 27 heavy (non-hydrogen) atoms. The van der Waals surface area contributed by atoms with E-state index >= 15 is 0 Å². The van der Waals surface area contributed by atoms with Crippen LogP contribution < -0.4 is 10.6 Å². The molecule has 144 valence electrons. The SMILES string of the molecule is O=C(NCCNc1ccc(C(F)(F)F)cc1[N+](=O)[O-])c1ccc(F)cc1Cl. The van der Waals surface area contributed by atoms with Crippen LogP contribution in [0, 0.1) is 15.9 Å². The van der Waals surface area contributed by atoms with Crippen molar-refractivity contribution in [3.8, 4) is 0 Å². The highest BCUT2D eigenvalue weighted by Gasteiger charge is 2.33. The quantitative estimate of drug-likeness (QED) is 0.326. The summed E-state index contributed by atoms with van der Waals surface area (Å²) in [4.78, 5) is 22.0. The molecule has 11 heteroatoms. The largest absolute Gasteiger partial charge is 0.416 e. The molecule has 2 rings (SSSR count). The molecule has 1 amide bonds. The number of rotatable bonds is 6. The third-order valence-corrected chi connectivity index (χ3v) is 3.74. The van der Waals surface area contributed by atoms with E-state index < -0.39 is 34.1 Å². The van der Waals surface area contributed by atoms with Gasteiger partial charge >= 0.3 is 6.18 Å². The van der Waals surface area contributed by atoms with Crippen molar-refractivity contribution in [3.05, 3.63) is 68.5 Å². The number of nitrogens with one attached hydrogen (secondary N) is 2. The summed E-state index contributed by atoms with van der Waals surface area (Å²) < 4.78 is 50.9. The number of anilines is 1. The van der Waals surface area contributed by atoms with Crippen LogP contribution in [0.5, 0.6) is 0 Å². The smallest absolute Gasteiger partial charge is 0.378 e. The van der Waals surface area contributed by atoms with E-state index in [1.54, 1.807) is 0 Å². The van der Waals surface area contributed by atoms with Gasteiger partial charge in [0.2, 0.25) is 0 Å². The summed E-state index contributed by atoms with van der Waals surface area (Å²) >= 11 is 5.76. The first-order chi connectivity index (χ1) is 12.6. The zero-order valence-electron chi connectivity index (χ0n) is 13.4. The van der Waals surface area contributed by atoms with E-state index in [2.05, 4.69) is 10.6 Å². The number of hydrogen-bond donors (Lipinski definition) is 2. The van der Waals surface area contributed by atoms with E-state index in [1.807, 2.05) is 0 Å². The van der Waals surface area contributed by atoms with Crippen molar-refractivity contribution in [1.82, 2.24) is 5.32 Å². The lowest BCUT2D eigenvalue weighted by Crippen LogP contribution is -2.29. The van der Waals surface area contributed by atoms with E-state index in [4.69, 9.17) is 11.6 Å². The zero-order chi connectivity index (χ0) is 20.2. The van der Waals surface area contributed by atoms with Gasteiger partial charge in [0.1, 0.15) is 11.5 Å². The Morgan fingerprint density at radius 1 is 1.15 bits per heavy atom. The van der Waals surface area contributed by atoms with Crippen molar-refractivity contribution < 1.29 is 27.3 Å². The number of nitrogens with zero attached hydrogens (tertiary/aromatic N) is 1. The molecule has 2 aromatic carbocycles. The molecule has 0 saturated heterocycles. The summed E-state index contributed by atoms with van der Waals surface area (Å²) in [5.74, 6) is -1.20. The molecule has 0 aliphatic rings. The van der Waals surface area contributed by atoms with Crippen LogP contribution in [0.3, 0.4) is 0 Å². The van der Waals surface area contributed by atoms with Gasteiger partial charge in [-0.3, -0.25) is 14.9 Å². The van der Waals surface area contributed by atoms with Gasteiger partial charge in [-0.2, -0.15) is 13.2 Å². The highest BCUT2D eigenvalue weighted by Crippen LogP contribution is 2.34. The fraction of sp³-hybridized carbons (Fsp3) is 0.188. The fourth-order valence-electron chi connectivity index (χ4n) is 2.15. The number of benzene rings is 2. The Morgan fingerprint density at radius 3 is 2.44 bits per heavy atom. The minimum absolute atomic E-state index is 0.00322. The van der Waals surface area contributed by atoms with Gasteiger partial charge in [-0.25, -0.2) is 4.39 Å². The van der Waals surface area contributed by atoms with Crippen molar-refractivity contribution in [2.24, 2.45) is 0 Å². The van der Waals surface area contributed by atoms with Crippen molar-refractivity contribution >= 4 is 28.9 Å². The lowest BCUT2D eigenvalue weighted by Gasteiger charge is -2.11. The van der Waals surface area contributed by atoms with E-state index in [-0.39, 0.29) is 29.4 Å². The van der Waals surface area contributed by atoms with Gasteiger partial charge in [-0.05, 0) is 30.3 Å². The maximum absolute atomic E-state index is 13.0. The van der Waals surface area contributed by atoms with Crippen LogP contribution in [-0.2, 0) is 6.18 Å². The molecule has 0 saturated carbocycles. The lowest BCUT2D eigenvalue weighted by molar-refractivity contribution is -0.384. The van der Waals surface area contributed by atoms with Gasteiger partial charge in [0, 0.05) is 19.2 Å². The van der Waals surface area contributed by atoms with Crippen LogP contribution in [0.25, 0.3) is 0 Å². The summed E-state index contributed by atoms with van der Waals surface area (Å²) in [6.45, 7) is -0.0124. The van der Waals surface area contributed by atoms with Gasteiger partial charge in [0.05, 0.1) is 21.1 Å². The molecule has 0 bridgehead atoms. The third kappa shape index (κ3) is 5.30. The molecule has 0 aliphatic heterocycles. The fourth-order valence-corrected chi connectivity index (χ4v) is 2.40. The summed E-state index contributed by atoms with van der Waals surface area (Å²) in [5.41, 5.74) is -1.96. The minimum atomic E-state index is -4.70. The lowest BCUT2D eigenvalue weighted by atomic mass is 10.1. The number of nitro benzene ring substituents is 1. The van der Waals surface area contributed by atoms with Crippen LogP contribution in [-0.4, -0.2) is 23.9 Å². The molecular formula is C16H12ClF4N3O3. The number of carbonyl (C=O) groups is 1. The normalized spacial score (nSPS) is 11.1. The molecule has 0 atom stereocenters. The van der Waals surface area contributed by atoms with Crippen LogP contribution >= 0.6 is 11.6 Å². The van der Waals surface area contributed by atoms with Crippen molar-refractivity contribution in [3.63, 3.8) is 0 Å². The maximum atomic E-state index is 13.0. The first-order valence-corrected chi connectivity index (χ1v) is 7.80. The first kappa shape index (κ1) is 20.4. The molecule has 6 nitrogen and oxygen atoms in total. The van der Waals surface area contributed by atoms with Crippen molar-refractivity contribution in [1.29, 1.82) is 0 Å². The summed E-state index contributed by atoms with van der Waals surface area (Å²) in [5, 5.41) is 15.9. The molecule has 0 unspecified atom stereocenters. The van der Waals surface area contributed by atoms with Crippen LogP contribution in [0.2, 0.25) is 5.02 Å². The molecule has 0 aliphatic carbocycles. The van der Waals surface area contributed by atoms with Crippen LogP contribution in [0.15, 0.2) is 36.4 Å². The summed E-state index contributed by atoms with van der Waals surface area (Å²) in [6.07, 6.45) is -4.70. The van der Waals surface area contributed by atoms with E-state index in [1.165, 1.54) is 6.07 Å². The van der Waals surface area contributed by atoms with Gasteiger partial charge < -0.3 is 10.6 Å². The van der Waals surface area contributed by atoms with Gasteiger partial charge in [-0.1, -0.05) is 11.6 Å². The summed E-state index contributed by atoms with van der Waals surface area (Å²) in [7, 11) is 0. The standard InChI is InChI=1S/C16H12ClF4N3O3/c17-12-8-10(18)2-3-11(12)15(25)23-6-5-22-13-4-1-9(16(19,20)21)7-14(13)24(26)27/h1-4,7-8,22H,5-6H2,(H,23,25). The molecule has 0 fully saturated rings. The molecule has 0 radical (unpaired) electrons.